The molecular formula is C73H142O17P2. The van der Waals surface area contributed by atoms with Crippen molar-refractivity contribution in [1.82, 2.24) is 0 Å². The first-order valence-electron chi connectivity index (χ1n) is 38.0. The Labute approximate surface area is 562 Å². The molecule has 0 bridgehead atoms. The third-order valence-electron chi connectivity index (χ3n) is 17.0. The van der Waals surface area contributed by atoms with Crippen LogP contribution in [-0.2, 0) is 65.4 Å². The molecule has 0 heterocycles. The van der Waals surface area contributed by atoms with Crippen molar-refractivity contribution in [3.8, 4) is 0 Å². The molecule has 17 nitrogen and oxygen atoms in total. The fraction of sp³-hybridized carbons (Fsp3) is 0.945. The number of esters is 4. The maximum atomic E-state index is 13.1. The van der Waals surface area contributed by atoms with Crippen LogP contribution in [0.5, 0.6) is 0 Å². The molecule has 546 valence electrons. The zero-order valence-corrected chi connectivity index (χ0v) is 61.6. The molecule has 19 heteroatoms. The Morgan fingerprint density at radius 3 is 0.739 bits per heavy atom. The van der Waals surface area contributed by atoms with Gasteiger partial charge in [-0.15, -0.1) is 0 Å². The predicted molar refractivity (Wildman–Crippen MR) is 372 cm³/mol. The number of hydrogen-bond acceptors (Lipinski definition) is 15. The minimum absolute atomic E-state index is 0.105. The summed E-state index contributed by atoms with van der Waals surface area (Å²) in [7, 11) is -9.90. The van der Waals surface area contributed by atoms with Gasteiger partial charge in [0.05, 0.1) is 26.4 Å². The molecule has 0 aliphatic rings. The minimum atomic E-state index is -4.95. The number of aliphatic hydroxyl groups is 1. The predicted octanol–water partition coefficient (Wildman–Crippen LogP) is 21.2. The summed E-state index contributed by atoms with van der Waals surface area (Å²) in [5.74, 6) is -0.624. The van der Waals surface area contributed by atoms with Crippen molar-refractivity contribution in [2.75, 3.05) is 39.6 Å². The van der Waals surface area contributed by atoms with Crippen molar-refractivity contribution in [2.24, 2.45) is 11.8 Å². The molecule has 0 fully saturated rings. The molecule has 0 radical (unpaired) electrons. The maximum absolute atomic E-state index is 13.1. The van der Waals surface area contributed by atoms with Crippen LogP contribution in [0, 0.1) is 11.8 Å². The molecular weight excluding hydrogens is 1210 g/mol. The van der Waals surface area contributed by atoms with Crippen LogP contribution in [0.25, 0.3) is 0 Å². The summed E-state index contributed by atoms with van der Waals surface area (Å²) >= 11 is 0. The average Bonchev–Trinajstić information content (AvgIpc) is 2.83. The van der Waals surface area contributed by atoms with Gasteiger partial charge in [0.2, 0.25) is 0 Å². The van der Waals surface area contributed by atoms with Gasteiger partial charge < -0.3 is 33.8 Å². The number of carbonyl (C=O) groups excluding carboxylic acids is 4. The molecule has 0 aliphatic heterocycles. The first kappa shape index (κ1) is 90.1. The van der Waals surface area contributed by atoms with Gasteiger partial charge in [0, 0.05) is 25.7 Å². The van der Waals surface area contributed by atoms with Crippen molar-refractivity contribution in [3.63, 3.8) is 0 Å². The van der Waals surface area contributed by atoms with Crippen molar-refractivity contribution in [1.29, 1.82) is 0 Å². The zero-order valence-electron chi connectivity index (χ0n) is 59.9. The van der Waals surface area contributed by atoms with Gasteiger partial charge in [-0.05, 0) is 37.5 Å². The topological polar surface area (TPSA) is 237 Å². The maximum Gasteiger partial charge on any atom is 0.472 e. The van der Waals surface area contributed by atoms with E-state index in [9.17, 15) is 43.2 Å². The summed E-state index contributed by atoms with van der Waals surface area (Å²) < 4.78 is 68.4. The first-order valence-corrected chi connectivity index (χ1v) is 41.0. The van der Waals surface area contributed by atoms with Gasteiger partial charge in [-0.2, -0.15) is 0 Å². The molecule has 0 aromatic rings. The minimum Gasteiger partial charge on any atom is -0.462 e. The highest BCUT2D eigenvalue weighted by atomic mass is 31.2. The third-order valence-corrected chi connectivity index (χ3v) is 18.9. The second-order valence-corrected chi connectivity index (χ2v) is 30.2. The Balaban J connectivity index is 5.25. The van der Waals surface area contributed by atoms with E-state index in [-0.39, 0.29) is 25.7 Å². The lowest BCUT2D eigenvalue weighted by atomic mass is 10.0. The second-order valence-electron chi connectivity index (χ2n) is 27.3. The number of unbranched alkanes of at least 4 members (excludes halogenated alkanes) is 42. The van der Waals surface area contributed by atoms with Crippen LogP contribution in [0.3, 0.4) is 0 Å². The van der Waals surface area contributed by atoms with Crippen molar-refractivity contribution >= 4 is 39.5 Å². The lowest BCUT2D eigenvalue weighted by molar-refractivity contribution is -0.161. The highest BCUT2D eigenvalue weighted by Crippen LogP contribution is 2.45. The number of carbonyl (C=O) groups is 4. The standard InChI is InChI=1S/C73H142O17P2/c1-7-9-11-13-15-17-19-20-21-22-27-31-38-44-50-56-71(76)84-61-68(89-72(77)57-51-45-39-32-28-24-23-26-29-35-41-47-53-65(3)4)63-87-91(79,80)85-59-67(74)60-86-92(81,82)88-64-69(90-73(78)58-52-46-40-34-33-36-42-48-54-66(5)6)62-83-70(75)55-49-43-37-30-25-18-16-14-12-10-8-2/h65-69,74H,7-64H2,1-6H3,(H,79,80)(H,81,82)/t67-,68-,69-/m1/s1. The SMILES string of the molecule is CCCCCCCCCCCCCCCCCC(=O)OC[C@H](COP(=O)(O)OC[C@@H](O)COP(=O)(O)OC[C@@H](COC(=O)CCCCCCCCCCCCC)OC(=O)CCCCCCCCCCC(C)C)OC(=O)CCCCCCCCCCCCCCC(C)C. The van der Waals surface area contributed by atoms with Crippen LogP contribution < -0.4 is 0 Å². The summed E-state index contributed by atoms with van der Waals surface area (Å²) in [5, 5.41) is 10.6. The molecule has 0 aromatic carbocycles. The van der Waals surface area contributed by atoms with E-state index in [1.165, 1.54) is 193 Å². The van der Waals surface area contributed by atoms with E-state index in [0.717, 1.165) is 102 Å². The van der Waals surface area contributed by atoms with Gasteiger partial charge in [0.1, 0.15) is 19.3 Å². The van der Waals surface area contributed by atoms with Gasteiger partial charge in [-0.1, -0.05) is 324 Å². The molecule has 0 aliphatic carbocycles. The first-order chi connectivity index (χ1) is 44.4. The van der Waals surface area contributed by atoms with Crippen molar-refractivity contribution in [2.45, 2.75) is 394 Å². The Hall–Kier alpha value is -1.94. The lowest BCUT2D eigenvalue weighted by Crippen LogP contribution is -2.30. The van der Waals surface area contributed by atoms with Gasteiger partial charge in [0.15, 0.2) is 12.2 Å². The van der Waals surface area contributed by atoms with Gasteiger partial charge in [-0.3, -0.25) is 37.3 Å². The van der Waals surface area contributed by atoms with Gasteiger partial charge in [-0.25, -0.2) is 9.13 Å². The summed E-state index contributed by atoms with van der Waals surface area (Å²) in [4.78, 5) is 72.7. The molecule has 0 saturated carbocycles. The van der Waals surface area contributed by atoms with Crippen molar-refractivity contribution < 1.29 is 80.2 Å². The molecule has 0 rings (SSSR count). The number of aliphatic hydroxyl groups excluding tert-OH is 1. The number of hydrogen-bond donors (Lipinski definition) is 3. The van der Waals surface area contributed by atoms with Crippen LogP contribution in [0.1, 0.15) is 375 Å². The molecule has 2 unspecified atom stereocenters. The van der Waals surface area contributed by atoms with Crippen LogP contribution in [0.2, 0.25) is 0 Å². The molecule has 0 spiro atoms. The largest absolute Gasteiger partial charge is 0.472 e. The van der Waals surface area contributed by atoms with Crippen LogP contribution in [0.15, 0.2) is 0 Å². The number of ether oxygens (including phenoxy) is 4. The van der Waals surface area contributed by atoms with E-state index >= 15 is 0 Å². The van der Waals surface area contributed by atoms with Gasteiger partial charge >= 0.3 is 39.5 Å². The Bertz CT molecular complexity index is 1790. The van der Waals surface area contributed by atoms with Crippen LogP contribution in [0.4, 0.5) is 0 Å². The number of phosphoric ester groups is 2. The highest BCUT2D eigenvalue weighted by Gasteiger charge is 2.30. The Kier molecular flexibility index (Phi) is 63.7. The third kappa shape index (κ3) is 66.7. The molecule has 0 amide bonds. The Morgan fingerprint density at radius 1 is 0.293 bits per heavy atom. The summed E-state index contributed by atoms with van der Waals surface area (Å²) in [6.45, 7) is 9.54. The normalized spacial score (nSPS) is 14.1. The molecule has 0 saturated heterocycles. The average molecular weight is 1350 g/mol. The summed E-state index contributed by atoms with van der Waals surface area (Å²) in [6, 6.07) is 0. The van der Waals surface area contributed by atoms with Crippen LogP contribution >= 0.6 is 15.6 Å². The van der Waals surface area contributed by atoms with Gasteiger partial charge in [0.25, 0.3) is 0 Å². The monoisotopic (exact) mass is 1350 g/mol. The summed E-state index contributed by atoms with van der Waals surface area (Å²) in [5.41, 5.74) is 0. The number of rotatable bonds is 72. The van der Waals surface area contributed by atoms with E-state index in [2.05, 4.69) is 41.5 Å². The lowest BCUT2D eigenvalue weighted by Gasteiger charge is -2.21. The smallest absolute Gasteiger partial charge is 0.462 e. The Morgan fingerprint density at radius 2 is 0.500 bits per heavy atom. The molecule has 0 aromatic heterocycles. The van der Waals surface area contributed by atoms with E-state index in [0.29, 0.717) is 25.7 Å². The highest BCUT2D eigenvalue weighted by molar-refractivity contribution is 7.47. The fourth-order valence-corrected chi connectivity index (χ4v) is 12.7. The quantitative estimate of drug-likeness (QED) is 0.0222. The van der Waals surface area contributed by atoms with Crippen LogP contribution in [-0.4, -0.2) is 96.7 Å². The van der Waals surface area contributed by atoms with E-state index in [1.54, 1.807) is 0 Å². The van der Waals surface area contributed by atoms with Crippen molar-refractivity contribution in [3.05, 3.63) is 0 Å². The van der Waals surface area contributed by atoms with E-state index in [1.807, 2.05) is 0 Å². The molecule has 92 heavy (non-hydrogen) atoms. The molecule has 3 N–H and O–H groups in total. The van der Waals surface area contributed by atoms with E-state index < -0.39 is 97.5 Å². The van der Waals surface area contributed by atoms with E-state index in [4.69, 9.17) is 37.0 Å². The fourth-order valence-electron chi connectivity index (χ4n) is 11.1. The summed E-state index contributed by atoms with van der Waals surface area (Å²) in [6.07, 6.45) is 51.2. The zero-order chi connectivity index (χ0) is 67.9. The number of phosphoric acid groups is 2. The molecule has 5 atom stereocenters. The second kappa shape index (κ2) is 65.0.